The van der Waals surface area contributed by atoms with E-state index < -0.39 is 0 Å². The lowest BCUT2D eigenvalue weighted by atomic mass is 9.96. The van der Waals surface area contributed by atoms with E-state index in [0.717, 1.165) is 36.2 Å². The third kappa shape index (κ3) is 3.30. The molecule has 0 amide bonds. The van der Waals surface area contributed by atoms with Crippen LogP contribution in [-0.4, -0.2) is 13.2 Å². The standard InChI is InChI=1S/C18H20BrNO/c1-2-20-17(13-6-4-3-5-7-13)12-15-11-16(19)10-14-8-9-21-18(14)15/h3-7,10-11,17,20H,2,8-9,12H2,1H3. The Hall–Kier alpha value is -1.32. The van der Waals surface area contributed by atoms with E-state index >= 15 is 0 Å². The molecule has 3 rings (SSSR count). The number of ether oxygens (including phenoxy) is 1. The van der Waals surface area contributed by atoms with Crippen molar-refractivity contribution in [2.24, 2.45) is 0 Å². The fourth-order valence-corrected chi connectivity index (χ4v) is 3.51. The summed E-state index contributed by atoms with van der Waals surface area (Å²) in [7, 11) is 0. The van der Waals surface area contributed by atoms with Gasteiger partial charge in [-0.25, -0.2) is 0 Å². The van der Waals surface area contributed by atoms with Gasteiger partial charge in [-0.05, 0) is 41.8 Å². The van der Waals surface area contributed by atoms with Crippen molar-refractivity contribution < 1.29 is 4.74 Å². The molecule has 0 radical (unpaired) electrons. The number of hydrogen-bond donors (Lipinski definition) is 1. The van der Waals surface area contributed by atoms with Gasteiger partial charge in [0, 0.05) is 16.9 Å². The molecule has 110 valence electrons. The third-order valence-electron chi connectivity index (χ3n) is 3.90. The Bertz CT molecular complexity index is 612. The second-order valence-corrected chi connectivity index (χ2v) is 6.29. The number of benzene rings is 2. The lowest BCUT2D eigenvalue weighted by Crippen LogP contribution is -2.23. The zero-order chi connectivity index (χ0) is 14.7. The number of fused-ring (bicyclic) bond motifs is 1. The number of halogens is 1. The van der Waals surface area contributed by atoms with Crippen LogP contribution in [0.3, 0.4) is 0 Å². The first-order valence-corrected chi connectivity index (χ1v) is 8.29. The minimum Gasteiger partial charge on any atom is -0.493 e. The van der Waals surface area contributed by atoms with Crippen LogP contribution >= 0.6 is 15.9 Å². The molecule has 3 heteroatoms. The van der Waals surface area contributed by atoms with Crippen LogP contribution in [0.15, 0.2) is 46.9 Å². The summed E-state index contributed by atoms with van der Waals surface area (Å²) in [6.45, 7) is 3.91. The first kappa shape index (κ1) is 14.6. The summed E-state index contributed by atoms with van der Waals surface area (Å²) >= 11 is 3.62. The van der Waals surface area contributed by atoms with Gasteiger partial charge in [0.05, 0.1) is 6.61 Å². The predicted molar refractivity (Wildman–Crippen MR) is 89.9 cm³/mol. The van der Waals surface area contributed by atoms with Crippen LogP contribution in [0, 0.1) is 0 Å². The first-order valence-electron chi connectivity index (χ1n) is 7.50. The Balaban J connectivity index is 1.90. The Labute approximate surface area is 134 Å². The molecule has 1 unspecified atom stereocenters. The molecule has 1 heterocycles. The van der Waals surface area contributed by atoms with Gasteiger partial charge in [-0.3, -0.25) is 0 Å². The molecule has 0 aliphatic carbocycles. The summed E-state index contributed by atoms with van der Waals surface area (Å²) < 4.78 is 6.99. The van der Waals surface area contributed by atoms with Gasteiger partial charge < -0.3 is 10.1 Å². The molecule has 0 saturated carbocycles. The lowest BCUT2D eigenvalue weighted by Gasteiger charge is -2.20. The van der Waals surface area contributed by atoms with Crippen LogP contribution in [0.25, 0.3) is 0 Å². The SMILES string of the molecule is CCNC(Cc1cc(Br)cc2c1OCC2)c1ccccc1. The summed E-state index contributed by atoms with van der Waals surface area (Å²) in [5, 5.41) is 3.59. The summed E-state index contributed by atoms with van der Waals surface area (Å²) in [6, 6.07) is 15.3. The quantitative estimate of drug-likeness (QED) is 0.873. The average Bonchev–Trinajstić information content (AvgIpc) is 2.96. The second kappa shape index (κ2) is 6.63. The highest BCUT2D eigenvalue weighted by Crippen LogP contribution is 2.35. The molecule has 0 fully saturated rings. The van der Waals surface area contributed by atoms with E-state index in [2.05, 4.69) is 70.6 Å². The molecule has 1 aliphatic heterocycles. The highest BCUT2D eigenvalue weighted by Gasteiger charge is 2.20. The third-order valence-corrected chi connectivity index (χ3v) is 4.36. The highest BCUT2D eigenvalue weighted by atomic mass is 79.9. The number of likely N-dealkylation sites (N-methyl/N-ethyl adjacent to an activating group) is 1. The van der Waals surface area contributed by atoms with Crippen LogP contribution in [0.2, 0.25) is 0 Å². The molecule has 2 nitrogen and oxygen atoms in total. The molecule has 0 saturated heterocycles. The summed E-state index contributed by atoms with van der Waals surface area (Å²) in [6.07, 6.45) is 1.96. The molecule has 2 aromatic rings. The van der Waals surface area contributed by atoms with E-state index in [9.17, 15) is 0 Å². The minimum atomic E-state index is 0.318. The second-order valence-electron chi connectivity index (χ2n) is 5.38. The molecular formula is C18H20BrNO. The Morgan fingerprint density at radius 1 is 1.24 bits per heavy atom. The monoisotopic (exact) mass is 345 g/mol. The smallest absolute Gasteiger partial charge is 0.125 e. The van der Waals surface area contributed by atoms with E-state index in [0.29, 0.717) is 6.04 Å². The van der Waals surface area contributed by atoms with Crippen molar-refractivity contribution in [2.75, 3.05) is 13.2 Å². The molecule has 0 bridgehead atoms. The van der Waals surface area contributed by atoms with Crippen LogP contribution in [0.1, 0.15) is 29.7 Å². The van der Waals surface area contributed by atoms with Crippen molar-refractivity contribution >= 4 is 15.9 Å². The Kier molecular flexibility index (Phi) is 4.61. The molecule has 1 atom stereocenters. The lowest BCUT2D eigenvalue weighted by molar-refractivity contribution is 0.351. The number of nitrogens with one attached hydrogen (secondary N) is 1. The van der Waals surface area contributed by atoms with Gasteiger partial charge in [0.25, 0.3) is 0 Å². The maximum absolute atomic E-state index is 5.85. The van der Waals surface area contributed by atoms with Crippen LogP contribution in [0.4, 0.5) is 0 Å². The summed E-state index contributed by atoms with van der Waals surface area (Å²) in [5.41, 5.74) is 3.93. The van der Waals surface area contributed by atoms with Crippen LogP contribution in [0.5, 0.6) is 5.75 Å². The molecule has 0 spiro atoms. The summed E-state index contributed by atoms with van der Waals surface area (Å²) in [4.78, 5) is 0. The zero-order valence-electron chi connectivity index (χ0n) is 12.2. The molecule has 0 aromatic heterocycles. The van der Waals surface area contributed by atoms with Gasteiger partial charge in [-0.1, -0.05) is 53.2 Å². The fraction of sp³-hybridized carbons (Fsp3) is 0.333. The van der Waals surface area contributed by atoms with E-state index in [1.54, 1.807) is 0 Å². The topological polar surface area (TPSA) is 21.3 Å². The average molecular weight is 346 g/mol. The van der Waals surface area contributed by atoms with Gasteiger partial charge in [-0.15, -0.1) is 0 Å². The van der Waals surface area contributed by atoms with Crippen molar-refractivity contribution in [1.29, 1.82) is 0 Å². The number of rotatable bonds is 5. The normalized spacial score (nSPS) is 14.6. The Morgan fingerprint density at radius 2 is 2.05 bits per heavy atom. The van der Waals surface area contributed by atoms with E-state index in [1.165, 1.54) is 16.7 Å². The largest absolute Gasteiger partial charge is 0.493 e. The highest BCUT2D eigenvalue weighted by molar-refractivity contribution is 9.10. The van der Waals surface area contributed by atoms with E-state index in [-0.39, 0.29) is 0 Å². The van der Waals surface area contributed by atoms with E-state index in [1.807, 2.05) is 0 Å². The number of hydrogen-bond acceptors (Lipinski definition) is 2. The molecule has 21 heavy (non-hydrogen) atoms. The van der Waals surface area contributed by atoms with E-state index in [4.69, 9.17) is 4.74 Å². The first-order chi connectivity index (χ1) is 10.3. The molecule has 1 aliphatic rings. The Morgan fingerprint density at radius 3 is 2.81 bits per heavy atom. The van der Waals surface area contributed by atoms with Crippen molar-refractivity contribution in [3.8, 4) is 5.75 Å². The maximum Gasteiger partial charge on any atom is 0.125 e. The maximum atomic E-state index is 5.85. The van der Waals surface area contributed by atoms with Crippen molar-refractivity contribution in [1.82, 2.24) is 5.32 Å². The van der Waals surface area contributed by atoms with Gasteiger partial charge >= 0.3 is 0 Å². The van der Waals surface area contributed by atoms with Gasteiger partial charge in [0.2, 0.25) is 0 Å². The van der Waals surface area contributed by atoms with Gasteiger partial charge in [0.1, 0.15) is 5.75 Å². The van der Waals surface area contributed by atoms with Crippen molar-refractivity contribution in [3.63, 3.8) is 0 Å². The zero-order valence-corrected chi connectivity index (χ0v) is 13.8. The van der Waals surface area contributed by atoms with Crippen molar-refractivity contribution in [2.45, 2.75) is 25.8 Å². The minimum absolute atomic E-state index is 0.318. The fourth-order valence-electron chi connectivity index (χ4n) is 2.96. The predicted octanol–water partition coefficient (Wildman–Crippen LogP) is 4.28. The van der Waals surface area contributed by atoms with Crippen LogP contribution < -0.4 is 10.1 Å². The van der Waals surface area contributed by atoms with Crippen molar-refractivity contribution in [3.05, 3.63) is 63.6 Å². The summed E-state index contributed by atoms with van der Waals surface area (Å²) in [5.74, 6) is 1.09. The van der Waals surface area contributed by atoms with Gasteiger partial charge in [0.15, 0.2) is 0 Å². The molecule has 2 aromatic carbocycles. The van der Waals surface area contributed by atoms with Crippen LogP contribution in [-0.2, 0) is 12.8 Å². The molecule has 1 N–H and O–H groups in total. The molecular weight excluding hydrogens is 326 g/mol. The van der Waals surface area contributed by atoms with Gasteiger partial charge in [-0.2, -0.15) is 0 Å².